The van der Waals surface area contributed by atoms with E-state index in [4.69, 9.17) is 46.4 Å². The second-order valence-electron chi connectivity index (χ2n) is 18.6. The predicted octanol–water partition coefficient (Wildman–Crippen LogP) is -5.15. The topological polar surface area (TPSA) is 364 Å². The largest absolute Gasteiger partial charge is 1.00 e. The first kappa shape index (κ1) is 60.6. The van der Waals surface area contributed by atoms with Gasteiger partial charge in [-0.15, -0.1) is 46.2 Å². The minimum atomic E-state index is -1.73. The molecule has 4 amide bonds. The molecule has 78 heavy (non-hydrogen) atoms. The number of hydrogen-bond acceptors (Lipinski definition) is 24. The van der Waals surface area contributed by atoms with Crippen LogP contribution >= 0.6 is 46.2 Å². The number of hydrogen-bond donors (Lipinski definition) is 6. The SMILES string of the molecule is CC(C)(ON=C(C(=O)N[C@@H]1C(=O)N2C(C(=O)[S-])=C(C3CCn4cncc43)CS[C@H]12)c1csc(N)n1)C(=O)O.CC(C)(ON=C(C(=O)N[C@@H]1C(=O)N2C(C(=O)[S-])=C(C3CCn4cncc43)CS[C@H]12)c1csc(N)n1)C(=O)O.[Na+].[Na+]. The molecule has 0 radical (unpaired) electrons. The van der Waals surface area contributed by atoms with Crippen molar-refractivity contribution >= 4 is 139 Å². The summed E-state index contributed by atoms with van der Waals surface area (Å²) in [4.78, 5) is 130. The molecule has 0 bridgehead atoms. The molecule has 8 N–H and O–H groups in total. The molecule has 2 fully saturated rings. The number of rotatable bonds is 16. The maximum atomic E-state index is 13.2. The van der Waals surface area contributed by atoms with E-state index in [1.807, 2.05) is 9.13 Å². The molecule has 2 unspecified atom stereocenters. The van der Waals surface area contributed by atoms with E-state index in [0.717, 1.165) is 71.1 Å². The van der Waals surface area contributed by atoms with E-state index in [-0.39, 0.29) is 115 Å². The fraction of sp³-hybridized carbons (Fsp3) is 0.409. The fourth-order valence-electron chi connectivity index (χ4n) is 8.97. The normalized spacial score (nSPS) is 22.4. The maximum absolute atomic E-state index is 13.2. The van der Waals surface area contributed by atoms with E-state index < -0.39 is 79.8 Å². The summed E-state index contributed by atoms with van der Waals surface area (Å²) in [7, 11) is 0. The van der Waals surface area contributed by atoms with Crippen LogP contribution in [0.3, 0.4) is 0 Å². The van der Waals surface area contributed by atoms with Gasteiger partial charge < -0.3 is 86.0 Å². The Morgan fingerprint density at radius 3 is 1.37 bits per heavy atom. The third kappa shape index (κ3) is 11.6. The van der Waals surface area contributed by atoms with Crippen LogP contribution in [0.4, 0.5) is 10.3 Å². The zero-order valence-corrected chi connectivity index (χ0v) is 51.1. The zero-order valence-electron chi connectivity index (χ0n) is 42.2. The summed E-state index contributed by atoms with van der Waals surface area (Å²) in [6.45, 7) is 6.59. The molecule has 2 saturated heterocycles. The molecule has 400 valence electrons. The number of nitrogens with one attached hydrogen (secondary N) is 2. The van der Waals surface area contributed by atoms with Crippen LogP contribution in [0.25, 0.3) is 0 Å². The average molecular weight is 1200 g/mol. The van der Waals surface area contributed by atoms with Gasteiger partial charge in [0, 0.05) is 71.0 Å². The number of carbonyl (C=O) groups excluding carboxylic acids is 6. The molecule has 6 aliphatic rings. The molecule has 34 heteroatoms. The Morgan fingerprint density at radius 1 is 0.679 bits per heavy atom. The van der Waals surface area contributed by atoms with Crippen molar-refractivity contribution in [2.24, 2.45) is 10.3 Å². The number of nitrogens with zero attached hydrogens (tertiary/aromatic N) is 10. The Balaban J connectivity index is 0.000000220. The number of anilines is 2. The van der Waals surface area contributed by atoms with Crippen LogP contribution in [0.2, 0.25) is 0 Å². The summed E-state index contributed by atoms with van der Waals surface area (Å²) < 4.78 is 4.03. The Labute approximate surface area is 514 Å². The molecule has 0 aliphatic carbocycles. The number of imidazole rings is 2. The summed E-state index contributed by atoms with van der Waals surface area (Å²) >= 11 is 15.0. The van der Waals surface area contributed by atoms with Crippen molar-refractivity contribution in [3.05, 3.63) is 81.1 Å². The van der Waals surface area contributed by atoms with Gasteiger partial charge in [0.2, 0.25) is 11.2 Å². The number of aryl methyl sites for hydroxylation is 2. The van der Waals surface area contributed by atoms with Gasteiger partial charge in [-0.25, -0.2) is 29.5 Å². The number of amides is 4. The number of β-lactam (4-membered cyclic amide) rings is 2. The molecule has 6 atom stereocenters. The molecule has 10 rings (SSSR count). The summed E-state index contributed by atoms with van der Waals surface area (Å²) in [6, 6.07) is -1.94. The first-order valence-electron chi connectivity index (χ1n) is 22.8. The second kappa shape index (κ2) is 24.0. The first-order chi connectivity index (χ1) is 36.0. The molecule has 0 aromatic carbocycles. The van der Waals surface area contributed by atoms with E-state index in [0.29, 0.717) is 11.5 Å². The number of thiazole rings is 2. The van der Waals surface area contributed by atoms with Crippen molar-refractivity contribution in [2.75, 3.05) is 23.0 Å². The molecule has 26 nitrogen and oxygen atoms in total. The average Bonchev–Trinajstić information content (AvgIpc) is 4.36. The van der Waals surface area contributed by atoms with Gasteiger partial charge in [-0.05, 0) is 51.7 Å². The minimum Gasteiger partial charge on any atom is -0.735 e. The number of nitrogens with two attached hydrogens (primary N) is 2. The zero-order chi connectivity index (χ0) is 54.7. The molecule has 10 heterocycles. The molecular formula is C44H44N14Na2O12S6. The smallest absolute Gasteiger partial charge is 0.735 e. The van der Waals surface area contributed by atoms with Crippen LogP contribution in [0, 0.1) is 0 Å². The monoisotopic (exact) mass is 1200 g/mol. The van der Waals surface area contributed by atoms with Gasteiger partial charge in [-0.1, -0.05) is 10.3 Å². The van der Waals surface area contributed by atoms with Gasteiger partial charge >= 0.3 is 71.1 Å². The van der Waals surface area contributed by atoms with Crippen molar-refractivity contribution in [3.8, 4) is 0 Å². The van der Waals surface area contributed by atoms with E-state index in [1.54, 1.807) is 25.0 Å². The van der Waals surface area contributed by atoms with E-state index in [1.165, 1.54) is 71.8 Å². The summed E-state index contributed by atoms with van der Waals surface area (Å²) in [5.74, 6) is -4.43. The van der Waals surface area contributed by atoms with Crippen LogP contribution in [-0.2, 0) is 86.4 Å². The number of oxime groups is 2. The number of nitrogen functional groups attached to an aromatic ring is 2. The third-order valence-electron chi connectivity index (χ3n) is 13.0. The number of aromatic nitrogens is 6. The van der Waals surface area contributed by atoms with Crippen LogP contribution in [0.5, 0.6) is 0 Å². The standard InChI is InChI=1S/2C22H23N7O6S3.2Na/c2*1-22(2,20(33)34)35-27-13(11-7-38-21(23)25-11)16(30)26-14-17(31)29-15(19(32)36)10(6-37-18(14)29)9-3-4-28-8-24-5-12(9)28;;/h2*5,7-9,14,18H,3-4,6H2,1-2H3,(H2,23,25)(H,26,30)(H,32,36)(H,33,34);;/q;;2*+1/p-2/t2*9?,14-,18-;;/m11../s1. The van der Waals surface area contributed by atoms with Gasteiger partial charge in [0.1, 0.15) is 34.2 Å². The summed E-state index contributed by atoms with van der Waals surface area (Å²) in [5, 5.41) is 32.3. The number of fused-ring (bicyclic) bond motifs is 4. The van der Waals surface area contributed by atoms with Gasteiger partial charge in [-0.3, -0.25) is 29.0 Å². The van der Waals surface area contributed by atoms with Crippen molar-refractivity contribution < 1.29 is 117 Å². The number of aliphatic carboxylic acids is 2. The van der Waals surface area contributed by atoms with Gasteiger partial charge in [0.15, 0.2) is 21.7 Å². The molecule has 0 spiro atoms. The van der Waals surface area contributed by atoms with Crippen molar-refractivity contribution in [1.29, 1.82) is 0 Å². The van der Waals surface area contributed by atoms with Crippen molar-refractivity contribution in [1.82, 2.24) is 49.5 Å². The first-order valence-corrected chi connectivity index (χ1v) is 27.5. The van der Waals surface area contributed by atoms with Crippen LogP contribution in [-0.4, -0.2) is 152 Å². The molecule has 4 aromatic rings. The Kier molecular flexibility index (Phi) is 18.6. The van der Waals surface area contributed by atoms with Crippen molar-refractivity contribution in [2.45, 2.75) is 99.5 Å². The van der Waals surface area contributed by atoms with E-state index in [9.17, 15) is 48.6 Å². The van der Waals surface area contributed by atoms with Crippen LogP contribution in [0.15, 0.2) is 68.7 Å². The van der Waals surface area contributed by atoms with Crippen molar-refractivity contribution in [3.63, 3.8) is 0 Å². The number of carboxylic acid groups (broad SMARTS) is 2. The van der Waals surface area contributed by atoms with Gasteiger partial charge in [-0.2, -0.15) is 0 Å². The van der Waals surface area contributed by atoms with E-state index in [2.05, 4.69) is 40.9 Å². The maximum Gasteiger partial charge on any atom is 1.00 e. The quantitative estimate of drug-likeness (QED) is 0.0201. The minimum absolute atomic E-state index is 0. The number of thioether (sulfide) groups is 2. The third-order valence-corrected chi connectivity index (χ3v) is 17.4. The van der Waals surface area contributed by atoms with Gasteiger partial charge in [0.05, 0.1) is 34.3 Å². The number of carboxylic acids is 2. The molecule has 4 aromatic heterocycles. The molecule has 6 aliphatic heterocycles. The Hall–Kier alpha value is -5.00. The Bertz CT molecular complexity index is 3050. The molecular weight excluding hydrogens is 1150 g/mol. The summed E-state index contributed by atoms with van der Waals surface area (Å²) in [5.41, 5.74) is 11.3. The van der Waals surface area contributed by atoms with Crippen LogP contribution < -0.4 is 81.2 Å². The Morgan fingerprint density at radius 2 is 1.05 bits per heavy atom. The molecule has 0 saturated carbocycles. The second-order valence-corrected chi connectivity index (χ2v) is 23.3. The van der Waals surface area contributed by atoms with Crippen LogP contribution in [0.1, 0.15) is 75.1 Å². The van der Waals surface area contributed by atoms with E-state index >= 15 is 0 Å². The summed E-state index contributed by atoms with van der Waals surface area (Å²) in [6.07, 6.45) is 8.54. The fourth-order valence-corrected chi connectivity index (χ4v) is 13.4. The van der Waals surface area contributed by atoms with Gasteiger partial charge in [0.25, 0.3) is 23.6 Å². The predicted molar refractivity (Wildman–Crippen MR) is 280 cm³/mol. The number of carbonyl (C=O) groups is 8.